The van der Waals surface area contributed by atoms with E-state index in [9.17, 15) is 4.39 Å². The average molecular weight is 396 g/mol. The monoisotopic (exact) mass is 395 g/mol. The lowest BCUT2D eigenvalue weighted by atomic mass is 10.1. The Bertz CT molecular complexity index is 812. The highest BCUT2D eigenvalue weighted by atomic mass is 19.1. The molecule has 5 heteroatoms. The third kappa shape index (κ3) is 4.26. The van der Waals surface area contributed by atoms with Crippen LogP contribution in [0.15, 0.2) is 48.5 Å². The second-order valence-electron chi connectivity index (χ2n) is 8.63. The molecule has 2 aliphatic heterocycles. The number of hydrogen-bond donors (Lipinski definition) is 1. The molecule has 2 saturated heterocycles. The summed E-state index contributed by atoms with van der Waals surface area (Å²) in [5, 5.41) is 3.48. The zero-order valence-corrected chi connectivity index (χ0v) is 16.9. The summed E-state index contributed by atoms with van der Waals surface area (Å²) in [6.45, 7) is 7.41. The second-order valence-corrected chi connectivity index (χ2v) is 8.63. The molecule has 4 nitrogen and oxygen atoms in total. The van der Waals surface area contributed by atoms with E-state index in [1.807, 2.05) is 12.1 Å². The number of nitrogens with one attached hydrogen (secondary N) is 1. The lowest BCUT2D eigenvalue weighted by Gasteiger charge is -2.29. The zero-order valence-electron chi connectivity index (χ0n) is 16.9. The summed E-state index contributed by atoms with van der Waals surface area (Å²) < 4.78 is 19.9. The van der Waals surface area contributed by atoms with Gasteiger partial charge in [-0.3, -0.25) is 0 Å². The van der Waals surface area contributed by atoms with Crippen LogP contribution in [-0.4, -0.2) is 57.4 Å². The second kappa shape index (κ2) is 8.33. The van der Waals surface area contributed by atoms with Crippen LogP contribution in [0.5, 0.6) is 0 Å². The Morgan fingerprint density at radius 1 is 1.00 bits per heavy atom. The van der Waals surface area contributed by atoms with Crippen LogP contribution in [0.4, 0.5) is 15.8 Å². The molecule has 0 aromatic heterocycles. The van der Waals surface area contributed by atoms with Crippen LogP contribution >= 0.6 is 0 Å². The minimum atomic E-state index is -0.139. The Hall–Kier alpha value is -2.11. The zero-order chi connectivity index (χ0) is 19.6. The molecule has 2 aromatic carbocycles. The van der Waals surface area contributed by atoms with Crippen molar-refractivity contribution in [2.75, 3.05) is 62.7 Å². The van der Waals surface area contributed by atoms with E-state index in [-0.39, 0.29) is 5.82 Å². The van der Waals surface area contributed by atoms with Crippen LogP contribution in [0.3, 0.4) is 0 Å². The van der Waals surface area contributed by atoms with E-state index < -0.39 is 0 Å². The highest BCUT2D eigenvalue weighted by Crippen LogP contribution is 2.51. The van der Waals surface area contributed by atoms with Crippen LogP contribution < -0.4 is 10.2 Å². The van der Waals surface area contributed by atoms with Gasteiger partial charge in [0.05, 0.1) is 18.9 Å². The minimum absolute atomic E-state index is 0.139. The predicted octanol–water partition coefficient (Wildman–Crippen LogP) is 3.49. The number of rotatable bonds is 7. The van der Waals surface area contributed by atoms with E-state index in [2.05, 4.69) is 45.4 Å². The van der Waals surface area contributed by atoms with Crippen molar-refractivity contribution < 1.29 is 9.13 Å². The standard InChI is InChI=1S/C24H30FN3O/c25-23-14-19(6-7-24(23)28-10-12-29-13-11-28)26-15-20-21-16-27(17-22(20)21)9-8-18-4-2-1-3-5-18/h1-7,14,20-22,26H,8-13,15-17H2. The minimum Gasteiger partial charge on any atom is -0.385 e. The van der Waals surface area contributed by atoms with Crippen molar-refractivity contribution in [3.8, 4) is 0 Å². The number of halogens is 1. The van der Waals surface area contributed by atoms with Crippen molar-refractivity contribution >= 4 is 11.4 Å². The number of anilines is 2. The van der Waals surface area contributed by atoms with Gasteiger partial charge in [0.2, 0.25) is 0 Å². The van der Waals surface area contributed by atoms with Gasteiger partial charge >= 0.3 is 0 Å². The summed E-state index contributed by atoms with van der Waals surface area (Å²) in [5.41, 5.74) is 3.01. The quantitative estimate of drug-likeness (QED) is 0.777. The van der Waals surface area contributed by atoms with Crippen LogP contribution in [0.2, 0.25) is 0 Å². The fraction of sp³-hybridized carbons (Fsp3) is 0.500. The van der Waals surface area contributed by atoms with E-state index in [0.29, 0.717) is 18.9 Å². The normalized spacial score (nSPS) is 26.4. The number of morpholine rings is 1. The average Bonchev–Trinajstić information content (AvgIpc) is 3.22. The van der Waals surface area contributed by atoms with E-state index in [0.717, 1.165) is 56.0 Å². The molecule has 1 aliphatic carbocycles. The Morgan fingerprint density at radius 2 is 1.76 bits per heavy atom. The van der Waals surface area contributed by atoms with Gasteiger partial charge in [0, 0.05) is 45.0 Å². The molecule has 0 amide bonds. The molecular formula is C24H30FN3O. The van der Waals surface area contributed by atoms with Crippen LogP contribution in [0, 0.1) is 23.6 Å². The maximum Gasteiger partial charge on any atom is 0.148 e. The third-order valence-electron chi connectivity index (χ3n) is 6.85. The first-order chi connectivity index (χ1) is 14.3. The van der Waals surface area contributed by atoms with Gasteiger partial charge < -0.3 is 19.9 Å². The number of nitrogens with zero attached hydrogens (tertiary/aromatic N) is 2. The van der Waals surface area contributed by atoms with E-state index in [4.69, 9.17) is 4.74 Å². The van der Waals surface area contributed by atoms with Crippen LogP contribution in [0.25, 0.3) is 0 Å². The molecule has 2 aromatic rings. The molecule has 154 valence electrons. The fourth-order valence-corrected chi connectivity index (χ4v) is 5.07. The number of piperidine rings is 1. The van der Waals surface area contributed by atoms with Gasteiger partial charge in [-0.15, -0.1) is 0 Å². The smallest absolute Gasteiger partial charge is 0.148 e. The molecule has 2 heterocycles. The summed E-state index contributed by atoms with van der Waals surface area (Å²) in [6.07, 6.45) is 1.14. The van der Waals surface area contributed by atoms with Crippen molar-refractivity contribution in [3.05, 3.63) is 59.9 Å². The van der Waals surface area contributed by atoms with Crippen molar-refractivity contribution in [1.29, 1.82) is 0 Å². The molecule has 29 heavy (non-hydrogen) atoms. The molecule has 0 radical (unpaired) electrons. The van der Waals surface area contributed by atoms with Crippen molar-refractivity contribution in [1.82, 2.24) is 4.90 Å². The first-order valence-corrected chi connectivity index (χ1v) is 10.9. The maximum atomic E-state index is 14.6. The number of fused-ring (bicyclic) bond motifs is 1. The van der Waals surface area contributed by atoms with Crippen molar-refractivity contribution in [2.24, 2.45) is 17.8 Å². The lowest BCUT2D eigenvalue weighted by molar-refractivity contribution is 0.122. The summed E-state index contributed by atoms with van der Waals surface area (Å²) in [7, 11) is 0. The van der Waals surface area contributed by atoms with Crippen molar-refractivity contribution in [3.63, 3.8) is 0 Å². The highest BCUT2D eigenvalue weighted by Gasteiger charge is 2.54. The predicted molar refractivity (Wildman–Crippen MR) is 115 cm³/mol. The molecule has 0 bridgehead atoms. The summed E-state index contributed by atoms with van der Waals surface area (Å²) in [6, 6.07) is 16.3. The first kappa shape index (κ1) is 18.9. The summed E-state index contributed by atoms with van der Waals surface area (Å²) in [4.78, 5) is 4.67. The Kier molecular flexibility index (Phi) is 5.42. The molecule has 3 fully saturated rings. The van der Waals surface area contributed by atoms with Gasteiger partial charge in [-0.2, -0.15) is 0 Å². The van der Waals surface area contributed by atoms with Crippen molar-refractivity contribution in [2.45, 2.75) is 6.42 Å². The van der Waals surface area contributed by atoms with Crippen LogP contribution in [-0.2, 0) is 11.2 Å². The van der Waals surface area contributed by atoms with Gasteiger partial charge in [0.25, 0.3) is 0 Å². The Morgan fingerprint density at radius 3 is 2.48 bits per heavy atom. The maximum absolute atomic E-state index is 14.6. The fourth-order valence-electron chi connectivity index (χ4n) is 5.07. The van der Waals surface area contributed by atoms with Gasteiger partial charge in [0.1, 0.15) is 5.82 Å². The molecule has 0 spiro atoms. The molecular weight excluding hydrogens is 365 g/mol. The van der Waals surface area contributed by atoms with Gasteiger partial charge in [-0.25, -0.2) is 4.39 Å². The van der Waals surface area contributed by atoms with E-state index in [1.165, 1.54) is 18.7 Å². The topological polar surface area (TPSA) is 27.7 Å². The van der Waals surface area contributed by atoms with Gasteiger partial charge in [-0.1, -0.05) is 30.3 Å². The molecule has 2 unspecified atom stereocenters. The lowest BCUT2D eigenvalue weighted by Crippen LogP contribution is -2.36. The summed E-state index contributed by atoms with van der Waals surface area (Å²) in [5.74, 6) is 2.23. The largest absolute Gasteiger partial charge is 0.385 e. The van der Waals surface area contributed by atoms with Crippen LogP contribution in [0.1, 0.15) is 5.56 Å². The first-order valence-electron chi connectivity index (χ1n) is 10.9. The molecule has 1 N–H and O–H groups in total. The Balaban J connectivity index is 1.07. The molecule has 3 aliphatic rings. The number of hydrogen-bond acceptors (Lipinski definition) is 4. The van der Waals surface area contributed by atoms with Gasteiger partial charge in [0.15, 0.2) is 0 Å². The van der Waals surface area contributed by atoms with E-state index in [1.54, 1.807) is 6.07 Å². The highest BCUT2D eigenvalue weighted by molar-refractivity contribution is 5.56. The number of benzene rings is 2. The number of ether oxygens (including phenoxy) is 1. The molecule has 5 rings (SSSR count). The Labute approximate surface area is 172 Å². The third-order valence-corrected chi connectivity index (χ3v) is 6.85. The number of likely N-dealkylation sites (tertiary alicyclic amines) is 1. The SMILES string of the molecule is Fc1cc(NCC2C3CN(CCc4ccccc4)CC23)ccc1N1CCOCC1. The molecule has 2 atom stereocenters. The van der Waals surface area contributed by atoms with E-state index >= 15 is 0 Å². The van der Waals surface area contributed by atoms with Gasteiger partial charge in [-0.05, 0) is 47.9 Å². The summed E-state index contributed by atoms with van der Waals surface area (Å²) >= 11 is 0. The molecule has 1 saturated carbocycles.